The zero-order chi connectivity index (χ0) is 19.1. The Kier molecular flexibility index (Phi) is 4.68. The van der Waals surface area contributed by atoms with E-state index in [1.54, 1.807) is 4.90 Å². The SMILES string of the molecule is Cc1cccc(C2CCCN2C(=O)Nc2cn(C)nc2C(F)(F)F)c1C. The number of nitrogens with one attached hydrogen (secondary N) is 1. The van der Waals surface area contributed by atoms with Crippen LogP contribution in [0.5, 0.6) is 0 Å². The summed E-state index contributed by atoms with van der Waals surface area (Å²) in [6.45, 7) is 4.51. The van der Waals surface area contributed by atoms with Crippen LogP contribution < -0.4 is 5.32 Å². The van der Waals surface area contributed by atoms with Crippen molar-refractivity contribution in [2.24, 2.45) is 7.05 Å². The van der Waals surface area contributed by atoms with Crippen molar-refractivity contribution in [3.05, 3.63) is 46.8 Å². The standard InChI is InChI=1S/C18H21F3N4O/c1-11-6-4-7-13(12(11)2)15-8-5-9-25(15)17(26)22-14-10-24(3)23-16(14)18(19,20)21/h4,6-7,10,15H,5,8-9H2,1-3H3,(H,22,26). The van der Waals surface area contributed by atoms with Crippen LogP contribution in [0.3, 0.4) is 0 Å². The molecule has 0 bridgehead atoms. The second-order valence-corrected chi connectivity index (χ2v) is 6.63. The highest BCUT2D eigenvalue weighted by atomic mass is 19.4. The van der Waals surface area contributed by atoms with E-state index >= 15 is 0 Å². The normalized spacial score (nSPS) is 17.6. The fourth-order valence-corrected chi connectivity index (χ4v) is 3.44. The summed E-state index contributed by atoms with van der Waals surface area (Å²) < 4.78 is 40.3. The minimum atomic E-state index is -4.62. The molecule has 1 aliphatic heterocycles. The minimum Gasteiger partial charge on any atom is -0.317 e. The maximum absolute atomic E-state index is 13.1. The maximum atomic E-state index is 13.1. The molecule has 5 nitrogen and oxygen atoms in total. The number of aromatic nitrogens is 2. The number of carbonyl (C=O) groups is 1. The molecule has 0 radical (unpaired) electrons. The van der Waals surface area contributed by atoms with Gasteiger partial charge in [-0.1, -0.05) is 18.2 Å². The predicted octanol–water partition coefficient (Wildman–Crippen LogP) is 4.42. The van der Waals surface area contributed by atoms with Crippen LogP contribution in [0.15, 0.2) is 24.4 Å². The highest BCUT2D eigenvalue weighted by Gasteiger charge is 2.39. The molecule has 1 unspecified atom stereocenters. The molecule has 1 N–H and O–H groups in total. The number of halogens is 3. The molecule has 1 aromatic heterocycles. The van der Waals surface area contributed by atoms with Gasteiger partial charge in [-0.25, -0.2) is 4.79 Å². The van der Waals surface area contributed by atoms with Gasteiger partial charge < -0.3 is 10.2 Å². The molecule has 2 amide bonds. The molecule has 1 saturated heterocycles. The Morgan fingerprint density at radius 1 is 1.31 bits per heavy atom. The van der Waals surface area contributed by atoms with Crippen LogP contribution in [-0.4, -0.2) is 27.3 Å². The Labute approximate surface area is 149 Å². The Hall–Kier alpha value is -2.51. The van der Waals surface area contributed by atoms with Gasteiger partial charge in [0.25, 0.3) is 0 Å². The first kappa shape index (κ1) is 18.3. The lowest BCUT2D eigenvalue weighted by Gasteiger charge is -2.27. The number of carbonyl (C=O) groups excluding carboxylic acids is 1. The van der Waals surface area contributed by atoms with E-state index in [9.17, 15) is 18.0 Å². The highest BCUT2D eigenvalue weighted by molar-refractivity contribution is 5.90. The van der Waals surface area contributed by atoms with Crippen molar-refractivity contribution in [1.29, 1.82) is 0 Å². The van der Waals surface area contributed by atoms with Gasteiger partial charge in [-0.15, -0.1) is 0 Å². The topological polar surface area (TPSA) is 50.2 Å². The van der Waals surface area contributed by atoms with Gasteiger partial charge in [0, 0.05) is 19.8 Å². The number of benzene rings is 1. The number of urea groups is 1. The molecule has 26 heavy (non-hydrogen) atoms. The number of hydrogen-bond acceptors (Lipinski definition) is 2. The summed E-state index contributed by atoms with van der Waals surface area (Å²) in [6.07, 6.45) is -1.85. The van der Waals surface area contributed by atoms with Gasteiger partial charge in [0.2, 0.25) is 0 Å². The maximum Gasteiger partial charge on any atom is 0.437 e. The molecule has 3 rings (SSSR count). The second kappa shape index (κ2) is 6.66. The number of rotatable bonds is 2. The fraction of sp³-hybridized carbons (Fsp3) is 0.444. The summed E-state index contributed by atoms with van der Waals surface area (Å²) >= 11 is 0. The molecule has 2 aromatic rings. The molecule has 1 atom stereocenters. The van der Waals surface area contributed by atoms with Crippen molar-refractivity contribution in [3.63, 3.8) is 0 Å². The second-order valence-electron chi connectivity index (χ2n) is 6.63. The van der Waals surface area contributed by atoms with Crippen LogP contribution in [0.25, 0.3) is 0 Å². The van der Waals surface area contributed by atoms with Gasteiger partial charge in [0.05, 0.1) is 11.7 Å². The summed E-state index contributed by atoms with van der Waals surface area (Å²) in [7, 11) is 1.39. The first-order chi connectivity index (χ1) is 12.2. The predicted molar refractivity (Wildman–Crippen MR) is 91.8 cm³/mol. The van der Waals surface area contributed by atoms with Crippen molar-refractivity contribution in [2.45, 2.75) is 38.9 Å². The third kappa shape index (κ3) is 3.40. The zero-order valence-corrected chi connectivity index (χ0v) is 14.9. The first-order valence-corrected chi connectivity index (χ1v) is 8.43. The van der Waals surface area contributed by atoms with E-state index in [0.717, 1.165) is 34.2 Å². The summed E-state index contributed by atoms with van der Waals surface area (Å²) in [5.74, 6) is 0. The molecule has 1 aromatic carbocycles. The smallest absolute Gasteiger partial charge is 0.317 e. The molecule has 140 valence electrons. The summed E-state index contributed by atoms with van der Waals surface area (Å²) in [5, 5.41) is 5.82. The lowest BCUT2D eigenvalue weighted by Crippen LogP contribution is -2.35. The average molecular weight is 366 g/mol. The molecular formula is C18H21F3N4O. The monoisotopic (exact) mass is 366 g/mol. The summed E-state index contributed by atoms with van der Waals surface area (Å²) in [5.41, 5.74) is 1.86. The first-order valence-electron chi connectivity index (χ1n) is 8.43. The van der Waals surface area contributed by atoms with Gasteiger partial charge in [-0.05, 0) is 43.4 Å². The van der Waals surface area contributed by atoms with Crippen LogP contribution in [0.2, 0.25) is 0 Å². The molecule has 1 aliphatic rings. The lowest BCUT2D eigenvalue weighted by atomic mass is 9.96. The molecule has 8 heteroatoms. The molecule has 2 heterocycles. The summed E-state index contributed by atoms with van der Waals surface area (Å²) in [6, 6.07) is 5.25. The zero-order valence-electron chi connectivity index (χ0n) is 14.9. The van der Waals surface area contributed by atoms with Crippen LogP contribution in [-0.2, 0) is 13.2 Å². The Morgan fingerprint density at radius 3 is 2.73 bits per heavy atom. The number of amides is 2. The Balaban J connectivity index is 1.85. The van der Waals surface area contributed by atoms with E-state index in [4.69, 9.17) is 0 Å². The molecule has 0 spiro atoms. The van der Waals surface area contributed by atoms with E-state index in [1.807, 2.05) is 32.0 Å². The third-order valence-corrected chi connectivity index (χ3v) is 4.86. The largest absolute Gasteiger partial charge is 0.437 e. The lowest BCUT2D eigenvalue weighted by molar-refractivity contribution is -0.140. The van der Waals surface area contributed by atoms with Crippen LogP contribution in [0.4, 0.5) is 23.7 Å². The van der Waals surface area contributed by atoms with Gasteiger partial charge in [0.15, 0.2) is 5.69 Å². The third-order valence-electron chi connectivity index (χ3n) is 4.86. The van der Waals surface area contributed by atoms with Gasteiger partial charge in [-0.3, -0.25) is 4.68 Å². The van der Waals surface area contributed by atoms with Gasteiger partial charge >= 0.3 is 12.2 Å². The van der Waals surface area contributed by atoms with Crippen molar-refractivity contribution in [1.82, 2.24) is 14.7 Å². The number of alkyl halides is 3. The van der Waals surface area contributed by atoms with Crippen LogP contribution in [0.1, 0.15) is 41.3 Å². The van der Waals surface area contributed by atoms with E-state index in [1.165, 1.54) is 13.2 Å². The number of hydrogen-bond donors (Lipinski definition) is 1. The van der Waals surface area contributed by atoms with Crippen molar-refractivity contribution in [2.75, 3.05) is 11.9 Å². The molecule has 1 fully saturated rings. The Bertz CT molecular complexity index is 828. The van der Waals surface area contributed by atoms with Crippen molar-refractivity contribution < 1.29 is 18.0 Å². The highest BCUT2D eigenvalue weighted by Crippen LogP contribution is 2.37. The minimum absolute atomic E-state index is 0.138. The van der Waals surface area contributed by atoms with Crippen LogP contribution in [0, 0.1) is 13.8 Å². The fourth-order valence-electron chi connectivity index (χ4n) is 3.44. The number of anilines is 1. The summed E-state index contributed by atoms with van der Waals surface area (Å²) in [4.78, 5) is 14.3. The molecule has 0 saturated carbocycles. The van der Waals surface area contributed by atoms with E-state index in [-0.39, 0.29) is 11.7 Å². The van der Waals surface area contributed by atoms with E-state index in [0.29, 0.717) is 6.54 Å². The van der Waals surface area contributed by atoms with Crippen LogP contribution >= 0.6 is 0 Å². The average Bonchev–Trinajstić information content (AvgIpc) is 3.16. The van der Waals surface area contributed by atoms with Crippen molar-refractivity contribution in [3.8, 4) is 0 Å². The number of likely N-dealkylation sites (tertiary alicyclic amines) is 1. The molecular weight excluding hydrogens is 345 g/mol. The Morgan fingerprint density at radius 2 is 2.04 bits per heavy atom. The molecule has 0 aliphatic carbocycles. The van der Waals surface area contributed by atoms with Crippen molar-refractivity contribution >= 4 is 11.7 Å². The number of nitrogens with zero attached hydrogens (tertiary/aromatic N) is 3. The quantitative estimate of drug-likeness (QED) is 0.855. The van der Waals surface area contributed by atoms with E-state index < -0.39 is 17.9 Å². The van der Waals surface area contributed by atoms with Gasteiger partial charge in [0.1, 0.15) is 0 Å². The van der Waals surface area contributed by atoms with Gasteiger partial charge in [-0.2, -0.15) is 18.3 Å². The van der Waals surface area contributed by atoms with E-state index in [2.05, 4.69) is 10.4 Å². The number of aryl methyl sites for hydroxylation is 2.